The molecule has 3 N–H and O–H groups in total. The molecule has 1 atom stereocenters. The highest BCUT2D eigenvalue weighted by molar-refractivity contribution is 6.34. The van der Waals surface area contributed by atoms with Gasteiger partial charge in [-0.05, 0) is 51.1 Å². The number of pyridine rings is 2. The molecule has 0 aliphatic rings. The van der Waals surface area contributed by atoms with Crippen LogP contribution in [0.2, 0.25) is 5.02 Å². The van der Waals surface area contributed by atoms with Crippen LogP contribution in [0, 0.1) is 5.41 Å². The minimum absolute atomic E-state index is 0.0389. The Kier molecular flexibility index (Phi) is 6.22. The van der Waals surface area contributed by atoms with Crippen LogP contribution in [-0.2, 0) is 0 Å². The molecule has 0 radical (unpaired) electrons. The molecule has 4 aromatic rings. The van der Waals surface area contributed by atoms with Gasteiger partial charge in [0.2, 0.25) is 0 Å². The van der Waals surface area contributed by atoms with Crippen LogP contribution in [0.25, 0.3) is 27.7 Å². The number of hydrogen-bond acceptors (Lipinski definition) is 5. The zero-order valence-corrected chi connectivity index (χ0v) is 19.6. The van der Waals surface area contributed by atoms with Crippen molar-refractivity contribution in [2.45, 2.75) is 26.8 Å². The Morgan fingerprint density at radius 1 is 1.06 bits per heavy atom. The third-order valence-corrected chi connectivity index (χ3v) is 6.05. The number of aliphatic hydroxyl groups is 1. The Bertz CT molecular complexity index is 1450. The molecule has 0 spiro atoms. The average Bonchev–Trinajstić information content (AvgIpc) is 3.17. The van der Waals surface area contributed by atoms with E-state index in [4.69, 9.17) is 17.0 Å². The van der Waals surface area contributed by atoms with E-state index in [0.29, 0.717) is 27.2 Å². The lowest BCUT2D eigenvalue weighted by molar-refractivity contribution is 0.0697. The van der Waals surface area contributed by atoms with Gasteiger partial charge < -0.3 is 20.2 Å². The van der Waals surface area contributed by atoms with Crippen LogP contribution < -0.4 is 0 Å². The highest BCUT2D eigenvalue weighted by Crippen LogP contribution is 2.37. The van der Waals surface area contributed by atoms with Crippen molar-refractivity contribution in [2.75, 3.05) is 0 Å². The quantitative estimate of drug-likeness (QED) is 0.221. The first-order valence-corrected chi connectivity index (χ1v) is 11.0. The molecule has 3 heterocycles. The van der Waals surface area contributed by atoms with E-state index in [9.17, 15) is 15.0 Å². The first-order valence-electron chi connectivity index (χ1n) is 10.6. The smallest absolute Gasteiger partial charge is 0.335 e. The number of aromatic carboxylic acids is 1. The van der Waals surface area contributed by atoms with Gasteiger partial charge in [-0.15, -0.1) is 0 Å². The highest BCUT2D eigenvalue weighted by atomic mass is 35.5. The van der Waals surface area contributed by atoms with Gasteiger partial charge in [0.1, 0.15) is 0 Å². The standard InChI is InChI=1S/C26H23ClN4O3/c1-14(28)24(16(3)32)18-11-23-25(30-12-18)20(19-8-7-17(26(33)34)10-21(19)27)13-31(23)15(2)22-6-4-5-9-29-22/h4-13,15,28,32H,1-3H3,(H,33,34)/b24-16+,28-14?/t15-/m0/s1. The van der Waals surface area contributed by atoms with E-state index < -0.39 is 5.97 Å². The fourth-order valence-electron chi connectivity index (χ4n) is 4.11. The van der Waals surface area contributed by atoms with E-state index in [2.05, 4.69) is 9.97 Å². The van der Waals surface area contributed by atoms with Crippen molar-refractivity contribution in [2.24, 2.45) is 0 Å². The number of fused-ring (bicyclic) bond motifs is 1. The second-order valence-electron chi connectivity index (χ2n) is 8.06. The van der Waals surface area contributed by atoms with Gasteiger partial charge in [0.15, 0.2) is 0 Å². The SMILES string of the molecule is CC(=N)/C(=C(/C)O)c1cnc2c(-c3ccc(C(=O)O)cc3Cl)cn([C@@H](C)c3ccccn3)c2c1. The van der Waals surface area contributed by atoms with Crippen molar-refractivity contribution in [1.29, 1.82) is 5.41 Å². The molecule has 3 aromatic heterocycles. The van der Waals surface area contributed by atoms with Gasteiger partial charge in [0.05, 0.1) is 34.1 Å². The van der Waals surface area contributed by atoms with Gasteiger partial charge in [-0.2, -0.15) is 0 Å². The van der Waals surface area contributed by atoms with E-state index in [1.54, 1.807) is 32.3 Å². The summed E-state index contributed by atoms with van der Waals surface area (Å²) >= 11 is 6.50. The van der Waals surface area contributed by atoms with Gasteiger partial charge in [-0.1, -0.05) is 23.7 Å². The van der Waals surface area contributed by atoms with Crippen LogP contribution in [0.5, 0.6) is 0 Å². The van der Waals surface area contributed by atoms with Crippen molar-refractivity contribution in [3.63, 3.8) is 0 Å². The third kappa shape index (κ3) is 4.18. The molecule has 172 valence electrons. The number of benzene rings is 1. The van der Waals surface area contributed by atoms with Gasteiger partial charge in [0.25, 0.3) is 0 Å². The maximum atomic E-state index is 11.4. The molecule has 8 heteroatoms. The highest BCUT2D eigenvalue weighted by Gasteiger charge is 2.21. The summed E-state index contributed by atoms with van der Waals surface area (Å²) in [6.45, 7) is 5.18. The predicted octanol–water partition coefficient (Wildman–Crippen LogP) is 6.39. The first-order chi connectivity index (χ1) is 16.2. The number of carbonyl (C=O) groups is 1. The Labute approximate surface area is 201 Å². The number of carboxylic acids is 1. The molecular weight excluding hydrogens is 452 g/mol. The number of aromatic nitrogens is 3. The number of allylic oxidation sites excluding steroid dienone is 2. The Balaban J connectivity index is 1.99. The number of hydrogen-bond donors (Lipinski definition) is 3. The molecule has 0 fully saturated rings. The summed E-state index contributed by atoms with van der Waals surface area (Å²) < 4.78 is 2.02. The number of nitrogens with one attached hydrogen (secondary N) is 1. The van der Waals surface area contributed by atoms with E-state index in [-0.39, 0.29) is 23.1 Å². The normalized spacial score (nSPS) is 12.9. The topological polar surface area (TPSA) is 112 Å². The maximum Gasteiger partial charge on any atom is 0.335 e. The van der Waals surface area contributed by atoms with Crippen LogP contribution in [0.1, 0.15) is 48.4 Å². The number of aliphatic hydroxyl groups excluding tert-OH is 1. The maximum absolute atomic E-state index is 11.4. The van der Waals surface area contributed by atoms with Gasteiger partial charge in [0, 0.05) is 51.6 Å². The summed E-state index contributed by atoms with van der Waals surface area (Å²) in [5.41, 5.74) is 5.03. The summed E-state index contributed by atoms with van der Waals surface area (Å²) in [5.74, 6) is -1.01. The molecule has 4 rings (SSSR count). The van der Waals surface area contributed by atoms with Gasteiger partial charge in [-0.3, -0.25) is 9.97 Å². The van der Waals surface area contributed by atoms with Crippen molar-refractivity contribution < 1.29 is 15.0 Å². The Hall–Kier alpha value is -3.97. The second kappa shape index (κ2) is 9.11. The van der Waals surface area contributed by atoms with E-state index >= 15 is 0 Å². The number of carboxylic acid groups (broad SMARTS) is 1. The summed E-state index contributed by atoms with van der Waals surface area (Å²) in [6.07, 6.45) is 5.28. The zero-order valence-electron chi connectivity index (χ0n) is 18.9. The average molecular weight is 475 g/mol. The van der Waals surface area contributed by atoms with E-state index in [1.807, 2.05) is 42.0 Å². The summed E-state index contributed by atoms with van der Waals surface area (Å²) in [6, 6.07) is 12.1. The van der Waals surface area contributed by atoms with Crippen molar-refractivity contribution >= 4 is 39.9 Å². The number of halogens is 1. The molecule has 0 amide bonds. The van der Waals surface area contributed by atoms with Crippen molar-refractivity contribution in [1.82, 2.24) is 14.5 Å². The van der Waals surface area contributed by atoms with Gasteiger partial charge in [-0.25, -0.2) is 4.79 Å². The first kappa shape index (κ1) is 23.2. The Morgan fingerprint density at radius 2 is 1.82 bits per heavy atom. The third-order valence-electron chi connectivity index (χ3n) is 5.73. The molecule has 0 saturated heterocycles. The number of nitrogens with zero attached hydrogens (tertiary/aromatic N) is 3. The summed E-state index contributed by atoms with van der Waals surface area (Å²) in [7, 11) is 0. The fraction of sp³-hybridized carbons (Fsp3) is 0.154. The molecule has 1 aromatic carbocycles. The van der Waals surface area contributed by atoms with Crippen LogP contribution in [0.15, 0.2) is 66.8 Å². The molecule has 0 aliphatic heterocycles. The molecule has 0 unspecified atom stereocenters. The minimum Gasteiger partial charge on any atom is -0.512 e. The van der Waals surface area contributed by atoms with Gasteiger partial charge >= 0.3 is 5.97 Å². The second-order valence-corrected chi connectivity index (χ2v) is 8.46. The Morgan fingerprint density at radius 3 is 2.41 bits per heavy atom. The molecule has 7 nitrogen and oxygen atoms in total. The molecule has 34 heavy (non-hydrogen) atoms. The molecule has 0 bridgehead atoms. The molecule has 0 saturated carbocycles. The largest absolute Gasteiger partial charge is 0.512 e. The fourth-order valence-corrected chi connectivity index (χ4v) is 4.39. The van der Waals surface area contributed by atoms with Crippen molar-refractivity contribution in [3.8, 4) is 11.1 Å². The minimum atomic E-state index is -1.05. The van der Waals surface area contributed by atoms with Crippen LogP contribution in [-0.4, -0.2) is 36.4 Å². The van der Waals surface area contributed by atoms with Crippen LogP contribution >= 0.6 is 11.6 Å². The molecular formula is C26H23ClN4O3. The molecule has 0 aliphatic carbocycles. The summed E-state index contributed by atoms with van der Waals surface area (Å²) in [5, 5.41) is 27.9. The van der Waals surface area contributed by atoms with E-state index in [1.165, 1.54) is 12.1 Å². The lowest BCUT2D eigenvalue weighted by Crippen LogP contribution is -2.07. The van der Waals surface area contributed by atoms with Crippen molar-refractivity contribution in [3.05, 3.63) is 88.7 Å². The lowest BCUT2D eigenvalue weighted by Gasteiger charge is -2.15. The van der Waals surface area contributed by atoms with E-state index in [0.717, 1.165) is 16.8 Å². The van der Waals surface area contributed by atoms with Crippen LogP contribution in [0.4, 0.5) is 0 Å². The zero-order chi connectivity index (χ0) is 24.6. The van der Waals surface area contributed by atoms with Crippen LogP contribution in [0.3, 0.4) is 0 Å². The monoisotopic (exact) mass is 474 g/mol. The predicted molar refractivity (Wildman–Crippen MR) is 134 cm³/mol. The number of rotatable bonds is 6. The lowest BCUT2D eigenvalue weighted by atomic mass is 10.0. The summed E-state index contributed by atoms with van der Waals surface area (Å²) in [4.78, 5) is 20.5.